The Hall–Kier alpha value is -1.61. The molecule has 5 rings (SSSR count). The summed E-state index contributed by atoms with van der Waals surface area (Å²) >= 11 is 0. The molecule has 1 aromatic carbocycles. The van der Waals surface area contributed by atoms with Crippen LogP contribution in [0.4, 0.5) is 0 Å². The molecule has 4 aliphatic rings. The van der Waals surface area contributed by atoms with Gasteiger partial charge in [0, 0.05) is 10.8 Å². The molecular formula is C37H56O3. The van der Waals surface area contributed by atoms with Crippen LogP contribution >= 0.6 is 0 Å². The molecule has 1 aromatic rings. The molecule has 0 saturated heterocycles. The summed E-state index contributed by atoms with van der Waals surface area (Å²) in [6.07, 6.45) is 12.5. The third-order valence-electron chi connectivity index (χ3n) is 13.3. The van der Waals surface area contributed by atoms with Crippen molar-refractivity contribution < 1.29 is 14.6 Å². The van der Waals surface area contributed by atoms with E-state index in [9.17, 15) is 9.90 Å². The van der Waals surface area contributed by atoms with E-state index in [0.29, 0.717) is 29.2 Å². The van der Waals surface area contributed by atoms with Crippen LogP contribution in [-0.4, -0.2) is 23.3 Å². The lowest BCUT2D eigenvalue weighted by molar-refractivity contribution is -0.140. The molecule has 222 valence electrons. The van der Waals surface area contributed by atoms with E-state index in [2.05, 4.69) is 61.5 Å². The third kappa shape index (κ3) is 4.52. The molecule has 3 saturated carbocycles. The minimum absolute atomic E-state index is 0.0779. The first kappa shape index (κ1) is 29.9. The third-order valence-corrected chi connectivity index (χ3v) is 13.3. The van der Waals surface area contributed by atoms with Crippen molar-refractivity contribution in [2.24, 2.45) is 51.2 Å². The summed E-state index contributed by atoms with van der Waals surface area (Å²) in [6.45, 7) is 19.3. The maximum atomic E-state index is 13.0. The van der Waals surface area contributed by atoms with Crippen LogP contribution in [0, 0.1) is 51.2 Å². The van der Waals surface area contributed by atoms with Gasteiger partial charge in [0.25, 0.3) is 0 Å². The zero-order chi connectivity index (χ0) is 29.1. The molecule has 0 radical (unpaired) electrons. The van der Waals surface area contributed by atoms with Gasteiger partial charge >= 0.3 is 5.97 Å². The fourth-order valence-corrected chi connectivity index (χ4v) is 10.7. The number of aliphatic hydroxyl groups excluding tert-OH is 1. The largest absolute Gasteiger partial charge is 0.458 e. The predicted octanol–water partition coefficient (Wildman–Crippen LogP) is 9.25. The molecule has 0 spiro atoms. The number of carbonyl (C=O) groups excluding carboxylic acids is 1. The van der Waals surface area contributed by atoms with Gasteiger partial charge in [-0.05, 0) is 91.1 Å². The minimum atomic E-state index is -0.263. The Morgan fingerprint density at radius 2 is 1.70 bits per heavy atom. The van der Waals surface area contributed by atoms with E-state index in [1.54, 1.807) is 5.57 Å². The average Bonchev–Trinajstić information content (AvgIpc) is 3.12. The molecule has 1 N–H and O–H groups in total. The van der Waals surface area contributed by atoms with Gasteiger partial charge in [0.15, 0.2) is 0 Å². The molecule has 9 atom stereocenters. The highest BCUT2D eigenvalue weighted by molar-refractivity contribution is 5.89. The van der Waals surface area contributed by atoms with Gasteiger partial charge in [-0.25, -0.2) is 4.79 Å². The van der Waals surface area contributed by atoms with Crippen molar-refractivity contribution in [3.8, 4) is 0 Å². The summed E-state index contributed by atoms with van der Waals surface area (Å²) < 4.78 is 6.23. The normalized spacial score (nSPS) is 41.0. The monoisotopic (exact) mass is 548 g/mol. The smallest absolute Gasteiger partial charge is 0.338 e. The van der Waals surface area contributed by atoms with E-state index in [1.165, 1.54) is 32.1 Å². The number of allylic oxidation sites excluding steroid dienone is 1. The van der Waals surface area contributed by atoms with Crippen molar-refractivity contribution in [3.63, 3.8) is 0 Å². The molecule has 1 unspecified atom stereocenters. The summed E-state index contributed by atoms with van der Waals surface area (Å²) in [5.74, 6) is 2.75. The summed E-state index contributed by atoms with van der Waals surface area (Å²) in [7, 11) is 0. The first-order chi connectivity index (χ1) is 18.8. The van der Waals surface area contributed by atoms with Crippen molar-refractivity contribution >= 4 is 5.97 Å². The first-order valence-corrected chi connectivity index (χ1v) is 16.4. The van der Waals surface area contributed by atoms with Crippen LogP contribution in [0.1, 0.15) is 124 Å². The topological polar surface area (TPSA) is 46.5 Å². The van der Waals surface area contributed by atoms with E-state index in [-0.39, 0.29) is 39.8 Å². The summed E-state index contributed by atoms with van der Waals surface area (Å²) in [5, 5.41) is 11.9. The van der Waals surface area contributed by atoms with Crippen molar-refractivity contribution in [2.75, 3.05) is 0 Å². The molecule has 3 fully saturated rings. The molecule has 40 heavy (non-hydrogen) atoms. The Kier molecular flexibility index (Phi) is 7.90. The zero-order valence-electron chi connectivity index (χ0n) is 26.6. The number of fused-ring (bicyclic) bond motifs is 5. The number of rotatable bonds is 7. The summed E-state index contributed by atoms with van der Waals surface area (Å²) in [5.41, 5.74) is 2.26. The molecule has 0 bridgehead atoms. The number of benzene rings is 1. The van der Waals surface area contributed by atoms with Crippen molar-refractivity contribution in [3.05, 3.63) is 47.5 Å². The number of aliphatic hydroxyl groups is 1. The number of hydrogen-bond acceptors (Lipinski definition) is 3. The lowest BCUT2D eigenvalue weighted by Gasteiger charge is -2.64. The molecule has 0 heterocycles. The fourth-order valence-electron chi connectivity index (χ4n) is 10.7. The highest BCUT2D eigenvalue weighted by Crippen LogP contribution is 2.73. The van der Waals surface area contributed by atoms with Crippen LogP contribution < -0.4 is 0 Å². The van der Waals surface area contributed by atoms with Gasteiger partial charge in [0.2, 0.25) is 0 Å². The Bertz CT molecular complexity index is 1100. The average molecular weight is 549 g/mol. The molecule has 0 amide bonds. The maximum absolute atomic E-state index is 13.0. The number of ether oxygens (including phenoxy) is 1. The fraction of sp³-hybridized carbons (Fsp3) is 0.757. The molecule has 3 nitrogen and oxygen atoms in total. The molecular weight excluding hydrogens is 492 g/mol. The van der Waals surface area contributed by atoms with E-state index < -0.39 is 0 Å². The number of esters is 1. The summed E-state index contributed by atoms with van der Waals surface area (Å²) in [6, 6.07) is 9.44. The Morgan fingerprint density at radius 3 is 2.38 bits per heavy atom. The van der Waals surface area contributed by atoms with Crippen LogP contribution in [0.3, 0.4) is 0 Å². The molecule has 4 aliphatic carbocycles. The highest BCUT2D eigenvalue weighted by Gasteiger charge is 2.68. The van der Waals surface area contributed by atoms with Gasteiger partial charge in [-0.1, -0.05) is 105 Å². The van der Waals surface area contributed by atoms with E-state index in [1.807, 2.05) is 30.3 Å². The van der Waals surface area contributed by atoms with Crippen LogP contribution in [-0.2, 0) is 4.74 Å². The van der Waals surface area contributed by atoms with Crippen molar-refractivity contribution in [1.29, 1.82) is 0 Å². The summed E-state index contributed by atoms with van der Waals surface area (Å²) in [4.78, 5) is 13.0. The van der Waals surface area contributed by atoms with Crippen LogP contribution in [0.25, 0.3) is 0 Å². The van der Waals surface area contributed by atoms with Gasteiger partial charge in [0.05, 0.1) is 11.7 Å². The first-order valence-electron chi connectivity index (χ1n) is 16.4. The maximum Gasteiger partial charge on any atom is 0.338 e. The highest BCUT2D eigenvalue weighted by atomic mass is 16.5. The van der Waals surface area contributed by atoms with Gasteiger partial charge in [-0.2, -0.15) is 0 Å². The zero-order valence-corrected chi connectivity index (χ0v) is 26.6. The molecule has 0 aromatic heterocycles. The second kappa shape index (κ2) is 10.6. The number of carbonyl (C=O) groups is 1. The minimum Gasteiger partial charge on any atom is -0.458 e. The van der Waals surface area contributed by atoms with Crippen molar-refractivity contribution in [2.45, 2.75) is 125 Å². The predicted molar refractivity (Wildman–Crippen MR) is 164 cm³/mol. The van der Waals surface area contributed by atoms with Crippen LogP contribution in [0.2, 0.25) is 0 Å². The van der Waals surface area contributed by atoms with E-state index in [4.69, 9.17) is 4.74 Å². The lowest BCUT2D eigenvalue weighted by Crippen LogP contribution is -2.59. The molecule has 3 heteroatoms. The Labute approximate surface area is 244 Å². The van der Waals surface area contributed by atoms with Crippen LogP contribution in [0.15, 0.2) is 42.0 Å². The van der Waals surface area contributed by atoms with Crippen LogP contribution in [0.5, 0.6) is 0 Å². The van der Waals surface area contributed by atoms with Gasteiger partial charge in [0.1, 0.15) is 6.10 Å². The van der Waals surface area contributed by atoms with Gasteiger partial charge in [-0.3, -0.25) is 0 Å². The van der Waals surface area contributed by atoms with Gasteiger partial charge < -0.3 is 9.84 Å². The van der Waals surface area contributed by atoms with Crippen molar-refractivity contribution in [1.82, 2.24) is 0 Å². The lowest BCUT2D eigenvalue weighted by atomic mass is 9.40. The van der Waals surface area contributed by atoms with E-state index in [0.717, 1.165) is 31.6 Å². The molecule has 0 aliphatic heterocycles. The van der Waals surface area contributed by atoms with Gasteiger partial charge in [-0.15, -0.1) is 0 Å². The second-order valence-corrected chi connectivity index (χ2v) is 15.9. The number of hydrogen-bond donors (Lipinski definition) is 1. The quantitative estimate of drug-likeness (QED) is 0.273. The Balaban J connectivity index is 1.39. The van der Waals surface area contributed by atoms with E-state index >= 15 is 0 Å². The SMILES string of the molecule is CC(C)CCC[C@@H](C)[C@H]1C[C@H](O)[C@@]2(C)C3=CCC4C(C)(C)[C@@H](OC(=O)c5ccccc5)CC[C@]4(C)[C@H]3CC[C@]12C. The Morgan fingerprint density at radius 1 is 1.00 bits per heavy atom. The standard InChI is InChI=1S/C37H56O3/c1-24(2)13-12-14-25(3)29-23-31(38)37(8)28-17-18-30-34(4,5)32(40-33(39)26-15-10-9-11-16-26)20-21-35(30,6)27(28)19-22-36(29,37)7/h9-11,15-17,24-25,27,29-32,38H,12-14,18-23H2,1-8H3/t25-,27+,29-,30?,31+,32+,35-,36-,37-/m1/s1. The second-order valence-electron chi connectivity index (χ2n) is 15.9.